The maximum atomic E-state index is 11.5. The average molecular weight is 238 g/mol. The van der Waals surface area contributed by atoms with Crippen LogP contribution < -0.4 is 0 Å². The van der Waals surface area contributed by atoms with E-state index in [1.165, 1.54) is 0 Å². The van der Waals surface area contributed by atoms with Crippen LogP contribution in [0.3, 0.4) is 0 Å². The molecule has 1 aromatic heterocycles. The number of aryl methyl sites for hydroxylation is 1. The molecule has 0 atom stereocenters. The van der Waals surface area contributed by atoms with Gasteiger partial charge in [-0.05, 0) is 31.5 Å². The Kier molecular flexibility index (Phi) is 2.88. The minimum absolute atomic E-state index is 0.339. The molecule has 1 N–H and O–H groups in total. The summed E-state index contributed by atoms with van der Waals surface area (Å²) in [5, 5.41) is 1.65. The van der Waals surface area contributed by atoms with Crippen molar-refractivity contribution in [3.63, 3.8) is 0 Å². The summed E-state index contributed by atoms with van der Waals surface area (Å²) in [4.78, 5) is 14.6. The average Bonchev–Trinajstić information content (AvgIpc) is 2.69. The first kappa shape index (κ1) is 11.0. The van der Waals surface area contributed by atoms with E-state index in [-0.39, 0.29) is 5.97 Å². The van der Waals surface area contributed by atoms with E-state index in [0.29, 0.717) is 17.3 Å². The molecule has 84 valence electrons. The summed E-state index contributed by atoms with van der Waals surface area (Å²) >= 11 is 6.00. The van der Waals surface area contributed by atoms with Gasteiger partial charge in [-0.2, -0.15) is 0 Å². The van der Waals surface area contributed by atoms with E-state index >= 15 is 0 Å². The lowest BCUT2D eigenvalue weighted by molar-refractivity contribution is 0.0520. The molecule has 1 heterocycles. The van der Waals surface area contributed by atoms with E-state index in [1.54, 1.807) is 13.0 Å². The number of carbonyl (C=O) groups is 1. The van der Waals surface area contributed by atoms with Crippen molar-refractivity contribution in [3.8, 4) is 0 Å². The molecule has 0 amide bonds. The van der Waals surface area contributed by atoms with Gasteiger partial charge in [0.05, 0.1) is 12.1 Å². The first-order valence-electron chi connectivity index (χ1n) is 5.08. The Morgan fingerprint density at radius 1 is 1.50 bits per heavy atom. The van der Waals surface area contributed by atoms with Gasteiger partial charge in [0.15, 0.2) is 0 Å². The van der Waals surface area contributed by atoms with Crippen LogP contribution in [0.5, 0.6) is 0 Å². The van der Waals surface area contributed by atoms with Gasteiger partial charge in [-0.3, -0.25) is 0 Å². The zero-order valence-corrected chi connectivity index (χ0v) is 9.89. The number of ether oxygens (including phenoxy) is 1. The maximum Gasteiger partial charge on any atom is 0.354 e. The van der Waals surface area contributed by atoms with E-state index < -0.39 is 0 Å². The molecule has 0 saturated heterocycles. The van der Waals surface area contributed by atoms with Crippen molar-refractivity contribution < 1.29 is 9.53 Å². The Morgan fingerprint density at radius 2 is 2.25 bits per heavy atom. The fraction of sp³-hybridized carbons (Fsp3) is 0.250. The van der Waals surface area contributed by atoms with Crippen LogP contribution in [0.2, 0.25) is 5.02 Å². The molecule has 0 saturated carbocycles. The standard InChI is InChI=1S/C12H12ClNO2/c1-3-16-12(15)10-6-8-4-5-9(13)7(2)11(8)14-10/h4-6,14H,3H2,1-2H3. The third-order valence-electron chi connectivity index (χ3n) is 2.49. The van der Waals surface area contributed by atoms with E-state index in [0.717, 1.165) is 16.5 Å². The van der Waals surface area contributed by atoms with Gasteiger partial charge < -0.3 is 9.72 Å². The zero-order valence-electron chi connectivity index (χ0n) is 9.13. The van der Waals surface area contributed by atoms with Crippen molar-refractivity contribution in [2.45, 2.75) is 13.8 Å². The van der Waals surface area contributed by atoms with Crippen LogP contribution in [0, 0.1) is 6.92 Å². The first-order chi connectivity index (χ1) is 7.63. The second-order valence-electron chi connectivity index (χ2n) is 3.54. The monoisotopic (exact) mass is 237 g/mol. The molecule has 0 bridgehead atoms. The minimum Gasteiger partial charge on any atom is -0.461 e. The third-order valence-corrected chi connectivity index (χ3v) is 2.90. The van der Waals surface area contributed by atoms with Gasteiger partial charge in [0.1, 0.15) is 5.69 Å². The number of hydrogen-bond acceptors (Lipinski definition) is 2. The first-order valence-corrected chi connectivity index (χ1v) is 5.46. The van der Waals surface area contributed by atoms with Gasteiger partial charge in [-0.15, -0.1) is 0 Å². The van der Waals surface area contributed by atoms with Crippen molar-refractivity contribution in [1.29, 1.82) is 0 Å². The predicted molar refractivity (Wildman–Crippen MR) is 64.0 cm³/mol. The second kappa shape index (κ2) is 4.18. The van der Waals surface area contributed by atoms with E-state index in [4.69, 9.17) is 16.3 Å². The van der Waals surface area contributed by atoms with E-state index in [2.05, 4.69) is 4.98 Å². The Morgan fingerprint density at radius 3 is 2.94 bits per heavy atom. The number of aromatic nitrogens is 1. The van der Waals surface area contributed by atoms with Crippen LogP contribution in [-0.2, 0) is 4.74 Å². The molecule has 0 unspecified atom stereocenters. The number of rotatable bonds is 2. The molecule has 16 heavy (non-hydrogen) atoms. The van der Waals surface area contributed by atoms with Gasteiger partial charge in [0.2, 0.25) is 0 Å². The van der Waals surface area contributed by atoms with Crippen molar-refractivity contribution in [1.82, 2.24) is 4.98 Å². The summed E-state index contributed by atoms with van der Waals surface area (Å²) < 4.78 is 4.92. The van der Waals surface area contributed by atoms with Crippen LogP contribution in [0.15, 0.2) is 18.2 Å². The zero-order chi connectivity index (χ0) is 11.7. The fourth-order valence-electron chi connectivity index (χ4n) is 1.64. The van der Waals surface area contributed by atoms with Crippen molar-refractivity contribution >= 4 is 28.5 Å². The lowest BCUT2D eigenvalue weighted by Gasteiger charge is -1.99. The molecular weight excluding hydrogens is 226 g/mol. The number of hydrogen-bond donors (Lipinski definition) is 1. The van der Waals surface area contributed by atoms with Gasteiger partial charge in [0, 0.05) is 10.4 Å². The molecule has 1 aromatic carbocycles. The summed E-state index contributed by atoms with van der Waals surface area (Å²) in [6.45, 7) is 4.06. The highest BCUT2D eigenvalue weighted by Crippen LogP contribution is 2.25. The fourth-order valence-corrected chi connectivity index (χ4v) is 1.80. The third kappa shape index (κ3) is 1.78. The van der Waals surface area contributed by atoms with Gasteiger partial charge >= 0.3 is 5.97 Å². The van der Waals surface area contributed by atoms with Crippen LogP contribution in [0.4, 0.5) is 0 Å². The molecule has 4 heteroatoms. The van der Waals surface area contributed by atoms with E-state index in [9.17, 15) is 4.79 Å². The largest absolute Gasteiger partial charge is 0.461 e. The van der Waals surface area contributed by atoms with Crippen molar-refractivity contribution in [2.75, 3.05) is 6.61 Å². The van der Waals surface area contributed by atoms with Gasteiger partial charge in [-0.1, -0.05) is 17.7 Å². The molecule has 3 nitrogen and oxygen atoms in total. The number of nitrogens with one attached hydrogen (secondary N) is 1. The SMILES string of the molecule is CCOC(=O)c1cc2ccc(Cl)c(C)c2[nH]1. The molecule has 0 aliphatic heterocycles. The summed E-state index contributed by atoms with van der Waals surface area (Å²) in [5.74, 6) is -0.339. The smallest absolute Gasteiger partial charge is 0.354 e. The Bertz CT molecular complexity index is 545. The molecule has 0 radical (unpaired) electrons. The highest BCUT2D eigenvalue weighted by atomic mass is 35.5. The summed E-state index contributed by atoms with van der Waals surface area (Å²) in [6, 6.07) is 5.47. The predicted octanol–water partition coefficient (Wildman–Crippen LogP) is 3.31. The normalized spacial score (nSPS) is 10.7. The van der Waals surface area contributed by atoms with Crippen LogP contribution >= 0.6 is 11.6 Å². The molecule has 0 aliphatic rings. The maximum absolute atomic E-state index is 11.5. The molecule has 2 rings (SSSR count). The Balaban J connectivity index is 2.52. The lowest BCUT2D eigenvalue weighted by Crippen LogP contribution is -2.04. The number of halogens is 1. The summed E-state index contributed by atoms with van der Waals surface area (Å²) in [5.41, 5.74) is 2.28. The van der Waals surface area contributed by atoms with Crippen molar-refractivity contribution in [3.05, 3.63) is 34.5 Å². The highest BCUT2D eigenvalue weighted by molar-refractivity contribution is 6.32. The summed E-state index contributed by atoms with van der Waals surface area (Å²) in [6.07, 6.45) is 0. The Hall–Kier alpha value is -1.48. The van der Waals surface area contributed by atoms with Crippen molar-refractivity contribution in [2.24, 2.45) is 0 Å². The summed E-state index contributed by atoms with van der Waals surface area (Å²) in [7, 11) is 0. The second-order valence-corrected chi connectivity index (χ2v) is 3.95. The highest BCUT2D eigenvalue weighted by Gasteiger charge is 2.12. The molecule has 0 spiro atoms. The number of esters is 1. The molecule has 0 aliphatic carbocycles. The quantitative estimate of drug-likeness (QED) is 0.815. The molecular formula is C12H12ClNO2. The molecule has 0 fully saturated rings. The lowest BCUT2D eigenvalue weighted by atomic mass is 10.2. The van der Waals surface area contributed by atoms with Crippen LogP contribution in [0.25, 0.3) is 10.9 Å². The van der Waals surface area contributed by atoms with E-state index in [1.807, 2.05) is 19.1 Å². The topological polar surface area (TPSA) is 42.1 Å². The number of H-pyrrole nitrogens is 1. The number of benzene rings is 1. The van der Waals surface area contributed by atoms with Gasteiger partial charge in [-0.25, -0.2) is 4.79 Å². The van der Waals surface area contributed by atoms with Gasteiger partial charge in [0.25, 0.3) is 0 Å². The molecule has 2 aromatic rings. The number of aromatic amines is 1. The number of carbonyl (C=O) groups excluding carboxylic acids is 1. The minimum atomic E-state index is -0.339. The van der Waals surface area contributed by atoms with Crippen LogP contribution in [-0.4, -0.2) is 17.6 Å². The number of fused-ring (bicyclic) bond motifs is 1. The van der Waals surface area contributed by atoms with Crippen LogP contribution in [0.1, 0.15) is 23.0 Å². The Labute approximate surface area is 98.4 Å².